The van der Waals surface area contributed by atoms with Crippen LogP contribution in [0.3, 0.4) is 0 Å². The van der Waals surface area contributed by atoms with Gasteiger partial charge in [0.15, 0.2) is 5.78 Å². The Morgan fingerprint density at radius 3 is 2.41 bits per heavy atom. The van der Waals surface area contributed by atoms with E-state index >= 15 is 0 Å². The van der Waals surface area contributed by atoms with Gasteiger partial charge < -0.3 is 14.8 Å². The van der Waals surface area contributed by atoms with Gasteiger partial charge in [-0.05, 0) is 31.7 Å². The van der Waals surface area contributed by atoms with E-state index in [1.165, 1.54) is 12.8 Å². The SMILES string of the molecule is CCCC(=O)N(CC)c1cc(NC2CCCC2)n(Cc2ccccc2)c1C(C)=O. The van der Waals surface area contributed by atoms with Crippen molar-refractivity contribution >= 4 is 23.2 Å². The lowest BCUT2D eigenvalue weighted by molar-refractivity contribution is -0.118. The third-order valence-corrected chi connectivity index (χ3v) is 5.67. The Kier molecular flexibility index (Phi) is 7.13. The van der Waals surface area contributed by atoms with Crippen LogP contribution in [0.4, 0.5) is 11.5 Å². The zero-order valence-electron chi connectivity index (χ0n) is 17.9. The fourth-order valence-corrected chi connectivity index (χ4v) is 4.27. The number of carbonyl (C=O) groups excluding carboxylic acids is 2. The Morgan fingerprint density at radius 1 is 1.14 bits per heavy atom. The van der Waals surface area contributed by atoms with Crippen molar-refractivity contribution in [2.75, 3.05) is 16.8 Å². The summed E-state index contributed by atoms with van der Waals surface area (Å²) in [6, 6.07) is 12.6. The van der Waals surface area contributed by atoms with Crippen molar-refractivity contribution < 1.29 is 9.59 Å². The lowest BCUT2D eigenvalue weighted by atomic mass is 10.2. The average molecular weight is 396 g/mol. The zero-order chi connectivity index (χ0) is 20.8. The summed E-state index contributed by atoms with van der Waals surface area (Å²) >= 11 is 0. The van der Waals surface area contributed by atoms with Crippen LogP contribution in [0, 0.1) is 0 Å². The van der Waals surface area contributed by atoms with Gasteiger partial charge in [-0.25, -0.2) is 0 Å². The van der Waals surface area contributed by atoms with Gasteiger partial charge in [0.05, 0.1) is 5.69 Å². The Balaban J connectivity index is 2.07. The smallest absolute Gasteiger partial charge is 0.227 e. The minimum atomic E-state index is -0.0156. The quantitative estimate of drug-likeness (QED) is 0.590. The van der Waals surface area contributed by atoms with Crippen molar-refractivity contribution in [3.63, 3.8) is 0 Å². The van der Waals surface area contributed by atoms with Crippen LogP contribution >= 0.6 is 0 Å². The number of nitrogens with one attached hydrogen (secondary N) is 1. The minimum Gasteiger partial charge on any atom is -0.369 e. The molecule has 1 N–H and O–H groups in total. The van der Waals surface area contributed by atoms with Crippen molar-refractivity contribution in [1.29, 1.82) is 0 Å². The summed E-state index contributed by atoms with van der Waals surface area (Å²) in [5, 5.41) is 3.67. The molecule has 1 saturated carbocycles. The molecule has 0 bridgehead atoms. The van der Waals surface area contributed by atoms with Crippen LogP contribution in [-0.4, -0.2) is 28.8 Å². The molecule has 1 aliphatic rings. The van der Waals surface area contributed by atoms with Crippen LogP contribution in [0.5, 0.6) is 0 Å². The van der Waals surface area contributed by atoms with Crippen LogP contribution in [0.2, 0.25) is 0 Å². The van der Waals surface area contributed by atoms with Gasteiger partial charge in [0, 0.05) is 38.5 Å². The Bertz CT molecular complexity index is 835. The van der Waals surface area contributed by atoms with Gasteiger partial charge in [0.25, 0.3) is 0 Å². The van der Waals surface area contributed by atoms with Crippen molar-refractivity contribution in [3.8, 4) is 0 Å². The van der Waals surface area contributed by atoms with Crippen LogP contribution in [0.15, 0.2) is 36.4 Å². The number of carbonyl (C=O) groups is 2. The number of Topliss-reactive ketones (excluding diaryl/α,β-unsaturated/α-hetero) is 1. The second-order valence-electron chi connectivity index (χ2n) is 7.91. The molecule has 0 aliphatic heterocycles. The Labute approximate surface area is 174 Å². The Morgan fingerprint density at radius 2 is 1.83 bits per heavy atom. The van der Waals surface area contributed by atoms with Gasteiger partial charge in [-0.3, -0.25) is 9.59 Å². The molecule has 2 aromatic rings. The summed E-state index contributed by atoms with van der Waals surface area (Å²) in [5.41, 5.74) is 2.48. The molecule has 0 saturated heterocycles. The lowest BCUT2D eigenvalue weighted by Gasteiger charge is -2.21. The number of aromatic nitrogens is 1. The summed E-state index contributed by atoms with van der Waals surface area (Å²) in [6.07, 6.45) is 6.04. The molecule has 1 heterocycles. The van der Waals surface area contributed by atoms with Crippen molar-refractivity contribution in [1.82, 2.24) is 4.57 Å². The standard InChI is InChI=1S/C24H33N3O2/c1-4-11-23(29)26(5-2)21-16-22(25-20-14-9-10-15-20)27(24(21)18(3)28)17-19-12-7-6-8-13-19/h6-8,12-13,16,20,25H,4-5,9-11,14-15,17H2,1-3H3. The van der Waals surface area contributed by atoms with Crippen LogP contribution in [0.1, 0.15) is 75.3 Å². The van der Waals surface area contributed by atoms with Crippen LogP contribution < -0.4 is 10.2 Å². The van der Waals surface area contributed by atoms with E-state index in [1.54, 1.807) is 11.8 Å². The number of hydrogen-bond donors (Lipinski definition) is 1. The van der Waals surface area contributed by atoms with Crippen molar-refractivity contribution in [3.05, 3.63) is 47.7 Å². The molecule has 1 fully saturated rings. The molecule has 1 aliphatic carbocycles. The third-order valence-electron chi connectivity index (χ3n) is 5.67. The molecule has 3 rings (SSSR count). The van der Waals surface area contributed by atoms with Gasteiger partial charge in [-0.15, -0.1) is 0 Å². The molecule has 0 unspecified atom stereocenters. The molecule has 29 heavy (non-hydrogen) atoms. The monoisotopic (exact) mass is 395 g/mol. The van der Waals surface area contributed by atoms with Crippen LogP contribution in [-0.2, 0) is 11.3 Å². The molecular weight excluding hydrogens is 362 g/mol. The third kappa shape index (κ3) is 4.89. The number of nitrogens with zero attached hydrogens (tertiary/aromatic N) is 2. The van der Waals surface area contributed by atoms with E-state index < -0.39 is 0 Å². The molecule has 5 heteroatoms. The first-order valence-corrected chi connectivity index (χ1v) is 10.9. The normalized spacial score (nSPS) is 14.2. The van der Waals surface area contributed by atoms with Crippen molar-refractivity contribution in [2.24, 2.45) is 0 Å². The first-order valence-electron chi connectivity index (χ1n) is 10.9. The first kappa shape index (κ1) is 21.2. The maximum atomic E-state index is 12.8. The number of ketones is 1. The predicted octanol–water partition coefficient (Wildman–Crippen LogP) is 5.25. The molecule has 0 radical (unpaired) electrons. The topological polar surface area (TPSA) is 54.3 Å². The maximum Gasteiger partial charge on any atom is 0.227 e. The van der Waals surface area contributed by atoms with E-state index in [1.807, 2.05) is 38.1 Å². The van der Waals surface area contributed by atoms with Gasteiger partial charge in [0.2, 0.25) is 5.91 Å². The number of rotatable bonds is 9. The first-order chi connectivity index (χ1) is 14.0. The summed E-state index contributed by atoms with van der Waals surface area (Å²) in [6.45, 7) is 6.72. The van der Waals surface area contributed by atoms with E-state index in [0.29, 0.717) is 31.2 Å². The number of hydrogen-bond acceptors (Lipinski definition) is 3. The number of benzene rings is 1. The highest BCUT2D eigenvalue weighted by molar-refractivity contribution is 6.05. The maximum absolute atomic E-state index is 12.8. The highest BCUT2D eigenvalue weighted by Gasteiger charge is 2.27. The lowest BCUT2D eigenvalue weighted by Crippen LogP contribution is -2.31. The molecular formula is C24H33N3O2. The van der Waals surface area contributed by atoms with Gasteiger partial charge >= 0.3 is 0 Å². The van der Waals surface area contributed by atoms with E-state index in [9.17, 15) is 9.59 Å². The van der Waals surface area contributed by atoms with Crippen molar-refractivity contribution in [2.45, 2.75) is 71.9 Å². The molecule has 5 nitrogen and oxygen atoms in total. The van der Waals surface area contributed by atoms with E-state index in [0.717, 1.165) is 36.3 Å². The summed E-state index contributed by atoms with van der Waals surface area (Å²) in [5.74, 6) is 0.989. The van der Waals surface area contributed by atoms with E-state index in [4.69, 9.17) is 0 Å². The minimum absolute atomic E-state index is 0.0156. The van der Waals surface area contributed by atoms with Gasteiger partial charge in [0.1, 0.15) is 11.5 Å². The van der Waals surface area contributed by atoms with E-state index in [2.05, 4.69) is 22.0 Å². The zero-order valence-corrected chi connectivity index (χ0v) is 17.9. The highest BCUT2D eigenvalue weighted by Crippen LogP contribution is 2.33. The van der Waals surface area contributed by atoms with E-state index in [-0.39, 0.29) is 11.7 Å². The second-order valence-corrected chi connectivity index (χ2v) is 7.91. The molecule has 1 amide bonds. The van der Waals surface area contributed by atoms with Gasteiger partial charge in [-0.2, -0.15) is 0 Å². The Hall–Kier alpha value is -2.56. The average Bonchev–Trinajstić information content (AvgIpc) is 3.32. The molecule has 1 aromatic heterocycles. The van der Waals surface area contributed by atoms with Gasteiger partial charge in [-0.1, -0.05) is 50.1 Å². The summed E-state index contributed by atoms with van der Waals surface area (Å²) < 4.78 is 2.06. The predicted molar refractivity (Wildman–Crippen MR) is 119 cm³/mol. The summed E-state index contributed by atoms with van der Waals surface area (Å²) in [4.78, 5) is 27.3. The fraction of sp³-hybridized carbons (Fsp3) is 0.500. The fourth-order valence-electron chi connectivity index (χ4n) is 4.27. The second kappa shape index (κ2) is 9.77. The number of amides is 1. The molecule has 0 spiro atoms. The highest BCUT2D eigenvalue weighted by atomic mass is 16.2. The summed E-state index contributed by atoms with van der Waals surface area (Å²) in [7, 11) is 0. The van der Waals surface area contributed by atoms with Crippen LogP contribution in [0.25, 0.3) is 0 Å². The molecule has 1 aromatic carbocycles. The number of anilines is 2. The molecule has 0 atom stereocenters. The largest absolute Gasteiger partial charge is 0.369 e. The molecule has 156 valence electrons.